The molecule has 3 aromatic rings. The van der Waals surface area contributed by atoms with Gasteiger partial charge in [-0.1, -0.05) is 35.3 Å². The Hall–Kier alpha value is -2.00. The van der Waals surface area contributed by atoms with E-state index in [2.05, 4.69) is 0 Å². The minimum Gasteiger partial charge on any atom is -0.493 e. The summed E-state index contributed by atoms with van der Waals surface area (Å²) in [6.07, 6.45) is 0.385. The molecule has 1 fully saturated rings. The number of fused-ring (bicyclic) bond motifs is 1. The molecule has 0 N–H and O–H groups in total. The van der Waals surface area contributed by atoms with E-state index in [1.807, 2.05) is 6.07 Å². The van der Waals surface area contributed by atoms with Gasteiger partial charge in [-0.2, -0.15) is 0 Å². The van der Waals surface area contributed by atoms with Crippen LogP contribution in [0.5, 0.6) is 11.5 Å². The van der Waals surface area contributed by atoms with Crippen molar-refractivity contribution in [1.82, 2.24) is 4.90 Å². The fourth-order valence-corrected chi connectivity index (χ4v) is 7.35. The van der Waals surface area contributed by atoms with Gasteiger partial charge in [-0.3, -0.25) is 4.79 Å². The van der Waals surface area contributed by atoms with Gasteiger partial charge in [0.1, 0.15) is 4.88 Å². The lowest BCUT2D eigenvalue weighted by atomic mass is 10.1. The van der Waals surface area contributed by atoms with Crippen molar-refractivity contribution < 1.29 is 22.7 Å². The zero-order chi connectivity index (χ0) is 23.0. The molecular formula is C22H21Cl2NO5S2. The summed E-state index contributed by atoms with van der Waals surface area (Å²) < 4.78 is 35.8. The van der Waals surface area contributed by atoms with Crippen LogP contribution in [-0.2, 0) is 16.4 Å². The third kappa shape index (κ3) is 4.55. The number of benzene rings is 2. The molecule has 1 atom stereocenters. The Morgan fingerprint density at radius 2 is 1.88 bits per heavy atom. The Morgan fingerprint density at radius 3 is 2.53 bits per heavy atom. The maximum absolute atomic E-state index is 13.7. The van der Waals surface area contributed by atoms with Gasteiger partial charge >= 0.3 is 0 Å². The maximum atomic E-state index is 13.7. The molecule has 0 radical (unpaired) electrons. The van der Waals surface area contributed by atoms with Crippen LogP contribution in [0.2, 0.25) is 10.0 Å². The lowest BCUT2D eigenvalue weighted by molar-refractivity contribution is 0.0686. The summed E-state index contributed by atoms with van der Waals surface area (Å²) in [6.45, 7) is 0.213. The van der Waals surface area contributed by atoms with Crippen LogP contribution in [0.3, 0.4) is 0 Å². The van der Waals surface area contributed by atoms with Crippen molar-refractivity contribution >= 4 is 60.4 Å². The second kappa shape index (κ2) is 9.09. The Balaban J connectivity index is 1.73. The molecule has 0 bridgehead atoms. The molecule has 2 aromatic carbocycles. The van der Waals surface area contributed by atoms with E-state index >= 15 is 0 Å². The minimum absolute atomic E-state index is 0.0587. The second-order valence-corrected chi connectivity index (χ2v) is 11.7. The standard InChI is InChI=1S/C22H21Cl2NO5S2/c1-29-17-6-3-13(9-18(17)30-2)11-25(15-7-8-32(27,28)12-15)22(26)21-20(24)16-5-4-14(23)10-19(16)31-21/h3-6,9-10,15H,7-8,11-12H2,1-2H3. The number of rotatable bonds is 6. The van der Waals surface area contributed by atoms with E-state index in [9.17, 15) is 13.2 Å². The smallest absolute Gasteiger partial charge is 0.266 e. The first kappa shape index (κ1) is 23.2. The topological polar surface area (TPSA) is 72.9 Å². The zero-order valence-corrected chi connectivity index (χ0v) is 20.6. The number of ether oxygens (including phenoxy) is 2. The number of nitrogens with zero attached hydrogens (tertiary/aromatic N) is 1. The number of amides is 1. The van der Waals surface area contributed by atoms with Gasteiger partial charge < -0.3 is 14.4 Å². The highest BCUT2D eigenvalue weighted by Gasteiger charge is 2.36. The van der Waals surface area contributed by atoms with E-state index in [4.69, 9.17) is 32.7 Å². The molecule has 1 aromatic heterocycles. The molecule has 2 heterocycles. The van der Waals surface area contributed by atoms with Crippen molar-refractivity contribution in [1.29, 1.82) is 0 Å². The lowest BCUT2D eigenvalue weighted by Crippen LogP contribution is -2.40. The Kier molecular flexibility index (Phi) is 6.58. The first-order valence-electron chi connectivity index (χ1n) is 9.82. The van der Waals surface area contributed by atoms with Crippen molar-refractivity contribution in [2.75, 3.05) is 25.7 Å². The Morgan fingerprint density at radius 1 is 1.12 bits per heavy atom. The molecule has 4 rings (SSSR count). The van der Waals surface area contributed by atoms with E-state index in [0.717, 1.165) is 15.6 Å². The molecule has 0 spiro atoms. The highest BCUT2D eigenvalue weighted by atomic mass is 35.5. The fraction of sp³-hybridized carbons (Fsp3) is 0.318. The van der Waals surface area contributed by atoms with Gasteiger partial charge in [-0.15, -0.1) is 11.3 Å². The van der Waals surface area contributed by atoms with E-state index in [-0.39, 0.29) is 24.0 Å². The summed E-state index contributed by atoms with van der Waals surface area (Å²) in [4.78, 5) is 15.6. The number of sulfone groups is 1. The van der Waals surface area contributed by atoms with E-state index in [1.54, 1.807) is 42.3 Å². The third-order valence-corrected chi connectivity index (χ3v) is 9.13. The first-order chi connectivity index (χ1) is 15.2. The van der Waals surface area contributed by atoms with Crippen LogP contribution in [0.25, 0.3) is 10.1 Å². The number of hydrogen-bond donors (Lipinski definition) is 0. The molecule has 0 aliphatic carbocycles. The molecule has 1 saturated heterocycles. The van der Waals surface area contributed by atoms with Crippen molar-refractivity contribution in [3.05, 3.63) is 56.9 Å². The van der Waals surface area contributed by atoms with Crippen LogP contribution >= 0.6 is 34.5 Å². The van der Waals surface area contributed by atoms with Crippen LogP contribution in [0.15, 0.2) is 36.4 Å². The summed E-state index contributed by atoms with van der Waals surface area (Å²) in [5.41, 5.74) is 0.792. The monoisotopic (exact) mass is 513 g/mol. The highest BCUT2D eigenvalue weighted by molar-refractivity contribution is 7.91. The number of carbonyl (C=O) groups excluding carboxylic acids is 1. The van der Waals surface area contributed by atoms with Crippen molar-refractivity contribution in [2.45, 2.75) is 19.0 Å². The quantitative estimate of drug-likeness (QED) is 0.460. The van der Waals surface area contributed by atoms with Gasteiger partial charge in [0.05, 0.1) is 30.7 Å². The van der Waals surface area contributed by atoms with Gasteiger partial charge in [-0.25, -0.2) is 8.42 Å². The second-order valence-electron chi connectivity index (χ2n) is 7.56. The SMILES string of the molecule is COc1ccc(CN(C(=O)c2sc3cc(Cl)ccc3c2Cl)C2CCS(=O)(=O)C2)cc1OC. The zero-order valence-electron chi connectivity index (χ0n) is 17.4. The average molecular weight is 514 g/mol. The van der Waals surface area contributed by atoms with Crippen LogP contribution in [0.1, 0.15) is 21.7 Å². The first-order valence-corrected chi connectivity index (χ1v) is 13.2. The van der Waals surface area contributed by atoms with Gasteiger partial charge in [0, 0.05) is 27.7 Å². The van der Waals surface area contributed by atoms with E-state index in [1.165, 1.54) is 18.4 Å². The maximum Gasteiger partial charge on any atom is 0.266 e. The molecule has 0 saturated carbocycles. The van der Waals surface area contributed by atoms with Gasteiger partial charge in [0.2, 0.25) is 0 Å². The van der Waals surface area contributed by atoms with Crippen molar-refractivity contribution in [2.24, 2.45) is 0 Å². The number of thiophene rings is 1. The predicted octanol–water partition coefficient (Wildman–Crippen LogP) is 5.05. The van der Waals surface area contributed by atoms with Gasteiger partial charge in [0.25, 0.3) is 5.91 Å². The molecular weight excluding hydrogens is 493 g/mol. The third-order valence-electron chi connectivity index (χ3n) is 5.50. The summed E-state index contributed by atoms with van der Waals surface area (Å²) in [5.74, 6) is 0.793. The summed E-state index contributed by atoms with van der Waals surface area (Å²) >= 11 is 13.9. The molecule has 1 aliphatic heterocycles. The molecule has 6 nitrogen and oxygen atoms in total. The molecule has 10 heteroatoms. The lowest BCUT2D eigenvalue weighted by Gasteiger charge is -2.28. The van der Waals surface area contributed by atoms with Crippen molar-refractivity contribution in [3.8, 4) is 11.5 Å². The van der Waals surface area contributed by atoms with Crippen molar-refractivity contribution in [3.63, 3.8) is 0 Å². The summed E-state index contributed by atoms with van der Waals surface area (Å²) in [6, 6.07) is 10.2. The fourth-order valence-electron chi connectivity index (χ4n) is 3.87. The Bertz CT molecular complexity index is 1290. The molecule has 1 amide bonds. The molecule has 32 heavy (non-hydrogen) atoms. The highest BCUT2D eigenvalue weighted by Crippen LogP contribution is 2.38. The van der Waals surface area contributed by atoms with Crippen LogP contribution < -0.4 is 9.47 Å². The number of methoxy groups -OCH3 is 2. The van der Waals surface area contributed by atoms with E-state index in [0.29, 0.717) is 32.8 Å². The normalized spacial score (nSPS) is 17.4. The van der Waals surface area contributed by atoms with Gasteiger partial charge in [-0.05, 0) is 36.2 Å². The molecule has 170 valence electrons. The van der Waals surface area contributed by atoms with Crippen LogP contribution in [0.4, 0.5) is 0 Å². The number of hydrogen-bond acceptors (Lipinski definition) is 6. The minimum atomic E-state index is -3.20. The number of carbonyl (C=O) groups is 1. The van der Waals surface area contributed by atoms with E-state index < -0.39 is 15.9 Å². The molecule has 1 unspecified atom stereocenters. The van der Waals surface area contributed by atoms with Crippen LogP contribution in [0, 0.1) is 0 Å². The predicted molar refractivity (Wildman–Crippen MR) is 128 cm³/mol. The molecule has 1 aliphatic rings. The summed E-state index contributed by atoms with van der Waals surface area (Å²) in [5, 5.41) is 1.65. The number of halogens is 2. The van der Waals surface area contributed by atoms with Gasteiger partial charge in [0.15, 0.2) is 21.3 Å². The average Bonchev–Trinajstić information content (AvgIpc) is 3.29. The summed E-state index contributed by atoms with van der Waals surface area (Å²) in [7, 11) is -0.112. The Labute approximate surface area is 200 Å². The van der Waals surface area contributed by atoms with Crippen LogP contribution in [-0.4, -0.2) is 51.0 Å². The largest absolute Gasteiger partial charge is 0.493 e.